The van der Waals surface area contributed by atoms with E-state index in [0.717, 1.165) is 10.4 Å². The van der Waals surface area contributed by atoms with Gasteiger partial charge in [0.15, 0.2) is 5.13 Å². The number of halogens is 1. The molecule has 0 radical (unpaired) electrons. The minimum absolute atomic E-state index is 0.132. The molecule has 0 spiro atoms. The third kappa shape index (κ3) is 4.55. The normalized spacial score (nSPS) is 10.9. The Balaban J connectivity index is 1.35. The van der Waals surface area contributed by atoms with Crippen LogP contribution < -0.4 is 10.9 Å². The first-order valence-corrected chi connectivity index (χ1v) is 9.83. The van der Waals surface area contributed by atoms with Crippen molar-refractivity contribution in [3.8, 4) is 0 Å². The van der Waals surface area contributed by atoms with Crippen molar-refractivity contribution in [1.29, 1.82) is 0 Å². The quantitative estimate of drug-likeness (QED) is 0.529. The summed E-state index contributed by atoms with van der Waals surface area (Å²) in [4.78, 5) is 34.1. The van der Waals surface area contributed by atoms with Crippen molar-refractivity contribution in [2.75, 3.05) is 5.32 Å². The van der Waals surface area contributed by atoms with Gasteiger partial charge in [-0.1, -0.05) is 24.3 Å². The third-order valence-electron chi connectivity index (χ3n) is 4.40. The first kappa shape index (κ1) is 18.9. The fourth-order valence-corrected chi connectivity index (χ4v) is 3.78. The van der Waals surface area contributed by atoms with Gasteiger partial charge in [0.05, 0.1) is 17.2 Å². The topological polar surface area (TPSA) is 76.9 Å². The van der Waals surface area contributed by atoms with Gasteiger partial charge in [0.1, 0.15) is 5.82 Å². The zero-order valence-corrected chi connectivity index (χ0v) is 16.2. The number of hydrogen-bond donors (Lipinski definition) is 1. The van der Waals surface area contributed by atoms with Crippen molar-refractivity contribution in [1.82, 2.24) is 14.5 Å². The van der Waals surface area contributed by atoms with E-state index in [4.69, 9.17) is 0 Å². The maximum absolute atomic E-state index is 13.0. The molecular weight excluding hydrogens is 391 g/mol. The maximum Gasteiger partial charge on any atom is 0.261 e. The van der Waals surface area contributed by atoms with Crippen LogP contribution in [-0.2, 0) is 17.8 Å². The van der Waals surface area contributed by atoms with Crippen LogP contribution in [0.25, 0.3) is 10.9 Å². The fraction of sp³-hybridized carbons (Fsp3) is 0.143. The van der Waals surface area contributed by atoms with Gasteiger partial charge in [0, 0.05) is 30.5 Å². The molecule has 1 amide bonds. The Labute approximate surface area is 169 Å². The molecule has 2 aromatic heterocycles. The number of thiazole rings is 1. The molecule has 0 saturated carbocycles. The number of carbonyl (C=O) groups is 1. The van der Waals surface area contributed by atoms with Crippen molar-refractivity contribution < 1.29 is 9.18 Å². The lowest BCUT2D eigenvalue weighted by molar-refractivity contribution is -0.116. The molecule has 0 aliphatic rings. The van der Waals surface area contributed by atoms with Gasteiger partial charge in [-0.25, -0.2) is 14.4 Å². The number of amides is 1. The van der Waals surface area contributed by atoms with E-state index in [-0.39, 0.29) is 30.2 Å². The molecule has 0 atom stereocenters. The van der Waals surface area contributed by atoms with Crippen LogP contribution >= 0.6 is 11.3 Å². The molecule has 29 heavy (non-hydrogen) atoms. The molecule has 0 fully saturated rings. The summed E-state index contributed by atoms with van der Waals surface area (Å²) in [6.07, 6.45) is 3.91. The summed E-state index contributed by atoms with van der Waals surface area (Å²) in [7, 11) is 0. The van der Waals surface area contributed by atoms with E-state index >= 15 is 0 Å². The Hall–Kier alpha value is -3.39. The number of aryl methyl sites for hydroxylation is 1. The molecular formula is C21H17FN4O2S. The molecule has 8 heteroatoms. The van der Waals surface area contributed by atoms with Crippen LogP contribution in [0, 0.1) is 5.82 Å². The zero-order chi connectivity index (χ0) is 20.2. The summed E-state index contributed by atoms with van der Waals surface area (Å²) >= 11 is 1.37. The standard InChI is InChI=1S/C21H17FN4O2S/c22-15-7-5-14(6-8-15)11-16-12-23-21(29-16)25-19(27)9-10-26-13-24-18-4-2-1-3-17(18)20(26)28/h1-8,12-13H,9-11H2,(H,23,25,27). The van der Waals surface area contributed by atoms with Gasteiger partial charge in [-0.05, 0) is 29.8 Å². The second-order valence-corrected chi connectivity index (χ2v) is 7.61. The highest BCUT2D eigenvalue weighted by Gasteiger charge is 2.09. The lowest BCUT2D eigenvalue weighted by Gasteiger charge is -2.06. The summed E-state index contributed by atoms with van der Waals surface area (Å²) in [5, 5.41) is 3.78. The number of para-hydroxylation sites is 1. The highest BCUT2D eigenvalue weighted by atomic mass is 32.1. The number of nitrogens with zero attached hydrogens (tertiary/aromatic N) is 3. The Kier molecular flexibility index (Phi) is 5.44. The Bertz CT molecular complexity index is 1220. The van der Waals surface area contributed by atoms with E-state index in [1.165, 1.54) is 34.4 Å². The number of aromatic nitrogens is 3. The number of rotatable bonds is 6. The minimum atomic E-state index is -0.272. The number of anilines is 1. The molecule has 0 saturated heterocycles. The SMILES string of the molecule is O=C(CCn1cnc2ccccc2c1=O)Nc1ncc(Cc2ccc(F)cc2)s1. The van der Waals surface area contributed by atoms with Gasteiger partial charge >= 0.3 is 0 Å². The van der Waals surface area contributed by atoms with E-state index in [1.807, 2.05) is 6.07 Å². The van der Waals surface area contributed by atoms with Gasteiger partial charge in [-0.15, -0.1) is 11.3 Å². The first-order chi connectivity index (χ1) is 14.1. The van der Waals surface area contributed by atoms with Gasteiger partial charge in [-0.2, -0.15) is 0 Å². The average molecular weight is 408 g/mol. The summed E-state index contributed by atoms with van der Waals surface area (Å²) in [5.74, 6) is -0.500. The molecule has 2 aromatic carbocycles. The summed E-state index contributed by atoms with van der Waals surface area (Å²) in [6, 6.07) is 13.4. The van der Waals surface area contributed by atoms with E-state index in [2.05, 4.69) is 15.3 Å². The van der Waals surface area contributed by atoms with Crippen molar-refractivity contribution in [2.45, 2.75) is 19.4 Å². The lowest BCUT2D eigenvalue weighted by Crippen LogP contribution is -2.23. The first-order valence-electron chi connectivity index (χ1n) is 9.02. The van der Waals surface area contributed by atoms with Crippen LogP contribution in [0.3, 0.4) is 0 Å². The fourth-order valence-electron chi connectivity index (χ4n) is 2.92. The molecule has 6 nitrogen and oxygen atoms in total. The summed E-state index contributed by atoms with van der Waals surface area (Å²) < 4.78 is 14.4. The smallest absolute Gasteiger partial charge is 0.261 e. The van der Waals surface area contributed by atoms with Crippen molar-refractivity contribution in [3.05, 3.63) is 87.7 Å². The number of benzene rings is 2. The van der Waals surface area contributed by atoms with Gasteiger partial charge in [0.25, 0.3) is 5.56 Å². The molecule has 1 N–H and O–H groups in total. The van der Waals surface area contributed by atoms with Crippen LogP contribution in [0.4, 0.5) is 9.52 Å². The summed E-state index contributed by atoms with van der Waals surface area (Å²) in [6.45, 7) is 0.232. The highest BCUT2D eigenvalue weighted by Crippen LogP contribution is 2.21. The molecule has 0 bridgehead atoms. The Morgan fingerprint density at radius 2 is 1.90 bits per heavy atom. The molecule has 146 valence electrons. The molecule has 2 heterocycles. The predicted molar refractivity (Wildman–Crippen MR) is 111 cm³/mol. The van der Waals surface area contributed by atoms with Gasteiger partial charge in [0.2, 0.25) is 5.91 Å². The second kappa shape index (κ2) is 8.32. The summed E-state index contributed by atoms with van der Waals surface area (Å²) in [5.41, 5.74) is 1.44. The predicted octanol–water partition coefficient (Wildman–Crippen LogP) is 3.61. The highest BCUT2D eigenvalue weighted by molar-refractivity contribution is 7.15. The number of nitrogens with one attached hydrogen (secondary N) is 1. The molecule has 4 aromatic rings. The van der Waals surface area contributed by atoms with Crippen molar-refractivity contribution in [2.24, 2.45) is 0 Å². The molecule has 0 aliphatic heterocycles. The Morgan fingerprint density at radius 1 is 1.10 bits per heavy atom. The van der Waals surface area contributed by atoms with Gasteiger partial charge < -0.3 is 5.32 Å². The molecule has 0 aliphatic carbocycles. The van der Waals surface area contributed by atoms with Crippen LogP contribution in [0.1, 0.15) is 16.9 Å². The maximum atomic E-state index is 13.0. The van der Waals surface area contributed by atoms with Crippen LogP contribution in [-0.4, -0.2) is 20.4 Å². The monoisotopic (exact) mass is 408 g/mol. The van der Waals surface area contributed by atoms with Crippen molar-refractivity contribution >= 4 is 33.3 Å². The molecule has 4 rings (SSSR count). The molecule has 0 unspecified atom stereocenters. The van der Waals surface area contributed by atoms with Crippen molar-refractivity contribution in [3.63, 3.8) is 0 Å². The third-order valence-corrected chi connectivity index (χ3v) is 5.32. The number of fused-ring (bicyclic) bond motifs is 1. The minimum Gasteiger partial charge on any atom is -0.302 e. The van der Waals surface area contributed by atoms with Crippen LogP contribution in [0.15, 0.2) is 65.8 Å². The zero-order valence-electron chi connectivity index (χ0n) is 15.3. The van der Waals surface area contributed by atoms with Crippen LogP contribution in [0.5, 0.6) is 0 Å². The average Bonchev–Trinajstić information content (AvgIpc) is 3.16. The van der Waals surface area contributed by atoms with E-state index in [1.54, 1.807) is 36.5 Å². The Morgan fingerprint density at radius 3 is 2.72 bits per heavy atom. The van der Waals surface area contributed by atoms with E-state index < -0.39 is 0 Å². The number of carbonyl (C=O) groups excluding carboxylic acids is 1. The largest absolute Gasteiger partial charge is 0.302 e. The van der Waals surface area contributed by atoms with E-state index in [9.17, 15) is 14.0 Å². The lowest BCUT2D eigenvalue weighted by atomic mass is 10.1. The number of hydrogen-bond acceptors (Lipinski definition) is 5. The van der Waals surface area contributed by atoms with Gasteiger partial charge in [-0.3, -0.25) is 14.2 Å². The van der Waals surface area contributed by atoms with Crippen LogP contribution in [0.2, 0.25) is 0 Å². The van der Waals surface area contributed by atoms with E-state index in [0.29, 0.717) is 22.5 Å². The second-order valence-electron chi connectivity index (χ2n) is 6.49.